The van der Waals surface area contributed by atoms with E-state index in [-0.39, 0.29) is 18.2 Å². The van der Waals surface area contributed by atoms with Crippen LogP contribution in [0, 0.1) is 19.7 Å². The van der Waals surface area contributed by atoms with Crippen molar-refractivity contribution in [1.29, 1.82) is 0 Å². The van der Waals surface area contributed by atoms with Gasteiger partial charge in [-0.25, -0.2) is 9.82 Å². The second-order valence-corrected chi connectivity index (χ2v) is 9.44. The summed E-state index contributed by atoms with van der Waals surface area (Å²) < 4.78 is 28.2. The Balaban J connectivity index is 1.26. The van der Waals surface area contributed by atoms with Gasteiger partial charge in [0.1, 0.15) is 23.8 Å². The van der Waals surface area contributed by atoms with E-state index >= 15 is 0 Å². The van der Waals surface area contributed by atoms with E-state index in [2.05, 4.69) is 31.0 Å². The first kappa shape index (κ1) is 24.5. The number of nitrogens with zero attached hydrogens (tertiary/aromatic N) is 2. The Morgan fingerprint density at radius 3 is 2.65 bits per heavy atom. The molecule has 5 rings (SSSR count). The van der Waals surface area contributed by atoms with E-state index in [1.165, 1.54) is 6.07 Å². The number of nitrogens with one attached hydrogen (secondary N) is 1. The van der Waals surface area contributed by atoms with Crippen LogP contribution in [0.1, 0.15) is 33.1 Å². The molecule has 0 atom stereocenters. The predicted molar refractivity (Wildman–Crippen MR) is 145 cm³/mol. The van der Waals surface area contributed by atoms with Crippen LogP contribution in [0.4, 0.5) is 4.39 Å². The molecule has 1 N–H and O–H groups in total. The first-order valence-corrected chi connectivity index (χ1v) is 12.4. The summed E-state index contributed by atoms with van der Waals surface area (Å²) in [4.78, 5) is 12.5. The third-order valence-electron chi connectivity index (χ3n) is 5.99. The van der Waals surface area contributed by atoms with Crippen molar-refractivity contribution in [2.75, 3.05) is 0 Å². The van der Waals surface area contributed by atoms with Crippen molar-refractivity contribution in [2.24, 2.45) is 5.10 Å². The van der Waals surface area contributed by atoms with E-state index in [0.717, 1.165) is 32.5 Å². The van der Waals surface area contributed by atoms with E-state index in [1.54, 1.807) is 36.5 Å². The van der Waals surface area contributed by atoms with Gasteiger partial charge in [0.2, 0.25) is 0 Å². The highest BCUT2D eigenvalue weighted by atomic mass is 79.9. The molecule has 2 aromatic heterocycles. The van der Waals surface area contributed by atoms with Gasteiger partial charge >= 0.3 is 5.91 Å². The van der Waals surface area contributed by atoms with Crippen LogP contribution >= 0.6 is 15.9 Å². The number of benzene rings is 3. The number of ether oxygens (including phenoxy) is 1. The van der Waals surface area contributed by atoms with Crippen molar-refractivity contribution >= 4 is 39.0 Å². The van der Waals surface area contributed by atoms with E-state index in [4.69, 9.17) is 9.15 Å². The highest BCUT2D eigenvalue weighted by molar-refractivity contribution is 9.10. The van der Waals surface area contributed by atoms with Gasteiger partial charge in [0.25, 0.3) is 0 Å². The van der Waals surface area contributed by atoms with Crippen LogP contribution in [-0.2, 0) is 6.61 Å². The topological polar surface area (TPSA) is 68.8 Å². The van der Waals surface area contributed by atoms with Gasteiger partial charge in [0.05, 0.1) is 6.21 Å². The van der Waals surface area contributed by atoms with Gasteiger partial charge in [0, 0.05) is 38.1 Å². The Kier molecular flexibility index (Phi) is 6.92. The largest absolute Gasteiger partial charge is 0.489 e. The van der Waals surface area contributed by atoms with Gasteiger partial charge in [-0.1, -0.05) is 34.1 Å². The molecule has 0 fully saturated rings. The molecule has 0 bridgehead atoms. The number of halogens is 2. The molecule has 0 aliphatic carbocycles. The lowest BCUT2D eigenvalue weighted by Gasteiger charge is -2.12. The molecule has 5 aromatic rings. The molecule has 0 radical (unpaired) electrons. The number of rotatable bonds is 7. The number of hydrogen-bond acceptors (Lipinski definition) is 4. The minimum absolute atomic E-state index is 0.158. The minimum Gasteiger partial charge on any atom is -0.489 e. The number of hydrazone groups is 1. The van der Waals surface area contributed by atoms with Gasteiger partial charge in [-0.15, -0.1) is 0 Å². The summed E-state index contributed by atoms with van der Waals surface area (Å²) in [5.74, 6) is 0.127. The Morgan fingerprint density at radius 1 is 1.08 bits per heavy atom. The van der Waals surface area contributed by atoms with Crippen molar-refractivity contribution in [3.8, 4) is 11.4 Å². The van der Waals surface area contributed by atoms with Gasteiger partial charge < -0.3 is 13.7 Å². The third kappa shape index (κ3) is 5.34. The van der Waals surface area contributed by atoms with E-state index < -0.39 is 5.91 Å². The standard InChI is InChI=1S/C29H23BrFN3O3/c1-18-13-22(16-32-33-29(35)28-15-21-14-23(30)7-12-27(21)37-28)19(2)34(18)24-8-10-25(11-9-24)36-17-20-5-3-4-6-26(20)31/h3-16H,17H2,1-2H3,(H,33,35)/b32-16+. The van der Waals surface area contributed by atoms with Crippen LogP contribution in [0.15, 0.2) is 92.9 Å². The van der Waals surface area contributed by atoms with Crippen LogP contribution in [0.5, 0.6) is 5.75 Å². The van der Waals surface area contributed by atoms with Crippen LogP contribution in [0.3, 0.4) is 0 Å². The molecule has 1 amide bonds. The van der Waals surface area contributed by atoms with Crippen molar-refractivity contribution in [1.82, 2.24) is 9.99 Å². The zero-order valence-corrected chi connectivity index (χ0v) is 21.8. The summed E-state index contributed by atoms with van der Waals surface area (Å²) in [7, 11) is 0. The molecular weight excluding hydrogens is 537 g/mol. The van der Waals surface area contributed by atoms with Crippen LogP contribution in [0.25, 0.3) is 16.7 Å². The summed E-state index contributed by atoms with van der Waals surface area (Å²) in [6.45, 7) is 4.14. The molecule has 0 unspecified atom stereocenters. The molecule has 186 valence electrons. The minimum atomic E-state index is -0.427. The van der Waals surface area contributed by atoms with Crippen molar-refractivity contribution in [3.05, 3.63) is 117 Å². The fourth-order valence-corrected chi connectivity index (χ4v) is 4.50. The molecule has 0 aliphatic heterocycles. The fraction of sp³-hybridized carbons (Fsp3) is 0.103. The van der Waals surface area contributed by atoms with E-state index in [9.17, 15) is 9.18 Å². The summed E-state index contributed by atoms with van der Waals surface area (Å²) >= 11 is 3.41. The van der Waals surface area contributed by atoms with Gasteiger partial charge in [0.15, 0.2) is 5.76 Å². The van der Waals surface area contributed by atoms with Crippen molar-refractivity contribution < 1.29 is 18.3 Å². The molecule has 0 spiro atoms. The second-order valence-electron chi connectivity index (χ2n) is 8.53. The first-order chi connectivity index (χ1) is 17.9. The van der Waals surface area contributed by atoms with E-state index in [0.29, 0.717) is 16.9 Å². The maximum atomic E-state index is 13.8. The number of aryl methyl sites for hydroxylation is 1. The summed E-state index contributed by atoms with van der Waals surface area (Å²) in [6.07, 6.45) is 1.61. The maximum Gasteiger partial charge on any atom is 0.307 e. The normalized spacial score (nSPS) is 11.4. The number of carbonyl (C=O) groups excluding carboxylic acids is 1. The third-order valence-corrected chi connectivity index (χ3v) is 6.48. The zero-order chi connectivity index (χ0) is 25.9. The molecule has 2 heterocycles. The Hall–Kier alpha value is -4.17. The fourth-order valence-electron chi connectivity index (χ4n) is 4.13. The maximum absolute atomic E-state index is 13.8. The molecule has 8 heteroatoms. The number of furan rings is 1. The summed E-state index contributed by atoms with van der Waals surface area (Å²) in [6, 6.07) is 23.4. The Labute approximate surface area is 221 Å². The quantitative estimate of drug-likeness (QED) is 0.171. The summed E-state index contributed by atoms with van der Waals surface area (Å²) in [5.41, 5.74) is 7.45. The molecule has 3 aromatic carbocycles. The Bertz CT molecular complexity index is 1620. The molecular formula is C29H23BrFN3O3. The average molecular weight is 560 g/mol. The smallest absolute Gasteiger partial charge is 0.307 e. The number of hydrogen-bond donors (Lipinski definition) is 1. The van der Waals surface area contributed by atoms with Gasteiger partial charge in [-0.3, -0.25) is 4.79 Å². The molecule has 37 heavy (non-hydrogen) atoms. The molecule has 6 nitrogen and oxygen atoms in total. The lowest BCUT2D eigenvalue weighted by atomic mass is 10.2. The van der Waals surface area contributed by atoms with Gasteiger partial charge in [-0.2, -0.15) is 5.10 Å². The lowest BCUT2D eigenvalue weighted by molar-refractivity contribution is 0.0929. The number of fused-ring (bicyclic) bond motifs is 1. The molecule has 0 saturated carbocycles. The summed E-state index contributed by atoms with van der Waals surface area (Å²) in [5, 5.41) is 4.96. The highest BCUT2D eigenvalue weighted by Gasteiger charge is 2.13. The highest BCUT2D eigenvalue weighted by Crippen LogP contribution is 2.24. The number of amides is 1. The molecule has 0 aliphatic rings. The number of aromatic nitrogens is 1. The van der Waals surface area contributed by atoms with Gasteiger partial charge in [-0.05, 0) is 74.5 Å². The lowest BCUT2D eigenvalue weighted by Crippen LogP contribution is -2.16. The first-order valence-electron chi connectivity index (χ1n) is 11.6. The van der Waals surface area contributed by atoms with Crippen molar-refractivity contribution in [2.45, 2.75) is 20.5 Å². The second kappa shape index (κ2) is 10.4. The van der Waals surface area contributed by atoms with Crippen LogP contribution in [0.2, 0.25) is 0 Å². The zero-order valence-electron chi connectivity index (χ0n) is 20.2. The van der Waals surface area contributed by atoms with Crippen LogP contribution < -0.4 is 10.2 Å². The van der Waals surface area contributed by atoms with Crippen LogP contribution in [-0.4, -0.2) is 16.7 Å². The SMILES string of the molecule is Cc1cc(/C=N/NC(=O)c2cc3cc(Br)ccc3o2)c(C)n1-c1ccc(OCc2ccccc2F)cc1. The average Bonchev–Trinajstić information content (AvgIpc) is 3.43. The predicted octanol–water partition coefficient (Wildman–Crippen LogP) is 7.08. The number of carbonyl (C=O) groups is 1. The Morgan fingerprint density at radius 2 is 1.86 bits per heavy atom. The molecule has 0 saturated heterocycles. The monoisotopic (exact) mass is 559 g/mol. The van der Waals surface area contributed by atoms with E-state index in [1.807, 2.05) is 56.3 Å². The van der Waals surface area contributed by atoms with Crippen molar-refractivity contribution in [3.63, 3.8) is 0 Å².